The van der Waals surface area contributed by atoms with Crippen molar-refractivity contribution < 1.29 is 14.7 Å². The van der Waals surface area contributed by atoms with Gasteiger partial charge in [-0.2, -0.15) is 0 Å². The molecule has 1 saturated heterocycles. The first-order chi connectivity index (χ1) is 7.70. The molecule has 1 fully saturated rings. The molecule has 1 radical (unpaired) electrons. The van der Waals surface area contributed by atoms with Crippen molar-refractivity contribution in [2.45, 2.75) is 18.9 Å². The molecule has 1 N–H and O–H groups in total. The lowest BCUT2D eigenvalue weighted by atomic mass is 10.1. The van der Waals surface area contributed by atoms with E-state index in [1.165, 1.54) is 4.90 Å². The minimum Gasteiger partial charge on any atom is -0.480 e. The fourth-order valence-corrected chi connectivity index (χ4v) is 1.95. The standard InChI is InChI=1S/C12H12NO3/c14-11(9-5-2-1-3-6-9)13-8-4-7-10(13)12(15)16/h1-3,5,10H,4,7-8H2,(H,15,16). The number of benzene rings is 1. The number of aliphatic carboxylic acids is 1. The van der Waals surface area contributed by atoms with Crippen molar-refractivity contribution in [2.24, 2.45) is 0 Å². The average molecular weight is 218 g/mol. The summed E-state index contributed by atoms with van der Waals surface area (Å²) in [5.74, 6) is -1.17. The zero-order valence-corrected chi connectivity index (χ0v) is 8.72. The topological polar surface area (TPSA) is 57.6 Å². The summed E-state index contributed by atoms with van der Waals surface area (Å²) in [6, 6.07) is 8.96. The number of hydrogen-bond donors (Lipinski definition) is 1. The van der Waals surface area contributed by atoms with Crippen LogP contribution in [0.3, 0.4) is 0 Å². The second-order valence-electron chi connectivity index (χ2n) is 3.77. The molecule has 1 aromatic rings. The monoisotopic (exact) mass is 218 g/mol. The van der Waals surface area contributed by atoms with Crippen LogP contribution in [0.15, 0.2) is 24.3 Å². The van der Waals surface area contributed by atoms with Crippen molar-refractivity contribution in [1.29, 1.82) is 0 Å². The molecule has 2 rings (SSSR count). The van der Waals surface area contributed by atoms with Crippen LogP contribution in [0.2, 0.25) is 0 Å². The fourth-order valence-electron chi connectivity index (χ4n) is 1.95. The Morgan fingerprint density at radius 2 is 2.25 bits per heavy atom. The number of carbonyl (C=O) groups is 2. The Labute approximate surface area is 93.5 Å². The van der Waals surface area contributed by atoms with E-state index in [1.807, 2.05) is 0 Å². The molecule has 1 amide bonds. The van der Waals surface area contributed by atoms with E-state index in [1.54, 1.807) is 24.3 Å². The average Bonchev–Trinajstić information content (AvgIpc) is 2.78. The van der Waals surface area contributed by atoms with Crippen LogP contribution in [0.1, 0.15) is 23.2 Å². The van der Waals surface area contributed by atoms with Crippen molar-refractivity contribution in [1.82, 2.24) is 4.90 Å². The summed E-state index contributed by atoms with van der Waals surface area (Å²) in [6.45, 7) is 0.512. The zero-order chi connectivity index (χ0) is 11.5. The van der Waals surface area contributed by atoms with Gasteiger partial charge in [0.1, 0.15) is 6.04 Å². The quantitative estimate of drug-likeness (QED) is 0.810. The lowest BCUT2D eigenvalue weighted by Crippen LogP contribution is -2.40. The van der Waals surface area contributed by atoms with Crippen LogP contribution >= 0.6 is 0 Å². The predicted molar refractivity (Wildman–Crippen MR) is 57.0 cm³/mol. The van der Waals surface area contributed by atoms with E-state index in [0.29, 0.717) is 18.5 Å². The lowest BCUT2D eigenvalue weighted by molar-refractivity contribution is -0.141. The third-order valence-electron chi connectivity index (χ3n) is 2.74. The third-order valence-corrected chi connectivity index (χ3v) is 2.74. The first-order valence-corrected chi connectivity index (χ1v) is 5.20. The van der Waals surface area contributed by atoms with Gasteiger partial charge in [-0.25, -0.2) is 4.79 Å². The first-order valence-electron chi connectivity index (χ1n) is 5.20. The molecule has 1 atom stereocenters. The summed E-state index contributed by atoms with van der Waals surface area (Å²) < 4.78 is 0. The smallest absolute Gasteiger partial charge is 0.326 e. The van der Waals surface area contributed by atoms with Crippen LogP contribution in [0, 0.1) is 6.07 Å². The van der Waals surface area contributed by atoms with E-state index in [9.17, 15) is 9.59 Å². The molecule has 0 aliphatic carbocycles. The number of amides is 1. The van der Waals surface area contributed by atoms with Gasteiger partial charge in [-0.05, 0) is 25.0 Å². The minimum absolute atomic E-state index is 0.245. The van der Waals surface area contributed by atoms with Crippen molar-refractivity contribution >= 4 is 11.9 Å². The molecule has 16 heavy (non-hydrogen) atoms. The van der Waals surface area contributed by atoms with Crippen molar-refractivity contribution in [3.8, 4) is 0 Å². The number of likely N-dealkylation sites (tertiary alicyclic amines) is 1. The van der Waals surface area contributed by atoms with Crippen LogP contribution in [0.5, 0.6) is 0 Å². The van der Waals surface area contributed by atoms with E-state index in [0.717, 1.165) is 6.42 Å². The molecule has 4 nitrogen and oxygen atoms in total. The zero-order valence-electron chi connectivity index (χ0n) is 8.72. The molecule has 83 valence electrons. The number of hydrogen-bond acceptors (Lipinski definition) is 2. The molecule has 1 aromatic carbocycles. The lowest BCUT2D eigenvalue weighted by Gasteiger charge is -2.21. The molecule has 0 aromatic heterocycles. The molecule has 4 heteroatoms. The maximum Gasteiger partial charge on any atom is 0.326 e. The summed E-state index contributed by atoms with van der Waals surface area (Å²) >= 11 is 0. The SMILES string of the molecule is O=C(O)C1CCCN1C(=O)c1[c]cccc1. The minimum atomic E-state index is -0.929. The second-order valence-corrected chi connectivity index (χ2v) is 3.77. The Morgan fingerprint density at radius 1 is 1.44 bits per heavy atom. The van der Waals surface area contributed by atoms with Crippen LogP contribution in [-0.2, 0) is 4.79 Å². The summed E-state index contributed by atoms with van der Waals surface area (Å²) in [7, 11) is 0. The highest BCUT2D eigenvalue weighted by Crippen LogP contribution is 2.19. The van der Waals surface area contributed by atoms with E-state index in [-0.39, 0.29) is 5.91 Å². The summed E-state index contributed by atoms with van der Waals surface area (Å²) in [5.41, 5.74) is 0.427. The van der Waals surface area contributed by atoms with Gasteiger partial charge in [0.05, 0.1) is 0 Å². The van der Waals surface area contributed by atoms with Gasteiger partial charge in [0.25, 0.3) is 5.91 Å². The van der Waals surface area contributed by atoms with E-state index < -0.39 is 12.0 Å². The van der Waals surface area contributed by atoms with Gasteiger partial charge in [0, 0.05) is 12.1 Å². The van der Waals surface area contributed by atoms with E-state index in [2.05, 4.69) is 6.07 Å². The highest BCUT2D eigenvalue weighted by molar-refractivity contribution is 5.96. The van der Waals surface area contributed by atoms with Crippen molar-refractivity contribution in [3.05, 3.63) is 35.9 Å². The Kier molecular flexibility index (Phi) is 2.90. The van der Waals surface area contributed by atoms with Gasteiger partial charge in [-0.3, -0.25) is 4.79 Å². The Bertz CT molecular complexity index is 402. The number of carboxylic acids is 1. The molecule has 1 unspecified atom stereocenters. The number of rotatable bonds is 2. The van der Waals surface area contributed by atoms with Crippen molar-refractivity contribution in [2.75, 3.05) is 6.54 Å². The van der Waals surface area contributed by atoms with Gasteiger partial charge in [-0.15, -0.1) is 0 Å². The highest BCUT2D eigenvalue weighted by atomic mass is 16.4. The normalized spacial score (nSPS) is 19.8. The van der Waals surface area contributed by atoms with Gasteiger partial charge in [-0.1, -0.05) is 18.2 Å². The Balaban J connectivity index is 2.19. The molecule has 1 aliphatic heterocycles. The summed E-state index contributed by atoms with van der Waals surface area (Å²) in [6.07, 6.45) is 1.28. The number of carboxylic acid groups (broad SMARTS) is 1. The maximum atomic E-state index is 12.0. The molecule has 1 aliphatic rings. The molecular weight excluding hydrogens is 206 g/mol. The Hall–Kier alpha value is -1.84. The van der Waals surface area contributed by atoms with Crippen molar-refractivity contribution in [3.63, 3.8) is 0 Å². The van der Waals surface area contributed by atoms with E-state index in [4.69, 9.17) is 5.11 Å². The fraction of sp³-hybridized carbons (Fsp3) is 0.333. The maximum absolute atomic E-state index is 12.0. The molecule has 1 heterocycles. The number of nitrogens with zero attached hydrogens (tertiary/aromatic N) is 1. The molecule has 0 bridgehead atoms. The predicted octanol–water partition coefficient (Wildman–Crippen LogP) is 1.18. The summed E-state index contributed by atoms with van der Waals surface area (Å²) in [5, 5.41) is 8.98. The first kappa shape index (κ1) is 10.7. The van der Waals surface area contributed by atoms with E-state index >= 15 is 0 Å². The van der Waals surface area contributed by atoms with Crippen LogP contribution in [0.25, 0.3) is 0 Å². The van der Waals surface area contributed by atoms with Gasteiger partial charge in [0.15, 0.2) is 0 Å². The highest BCUT2D eigenvalue weighted by Gasteiger charge is 2.34. The number of carbonyl (C=O) groups excluding carboxylic acids is 1. The Morgan fingerprint density at radius 3 is 2.88 bits per heavy atom. The third kappa shape index (κ3) is 1.91. The van der Waals surface area contributed by atoms with Gasteiger partial charge in [0.2, 0.25) is 0 Å². The van der Waals surface area contributed by atoms with Gasteiger partial charge < -0.3 is 10.0 Å². The van der Waals surface area contributed by atoms with Gasteiger partial charge >= 0.3 is 5.97 Å². The molecule has 0 spiro atoms. The van der Waals surface area contributed by atoms with Crippen LogP contribution in [-0.4, -0.2) is 34.5 Å². The second kappa shape index (κ2) is 4.35. The molecular formula is C12H12NO3. The van der Waals surface area contributed by atoms with Crippen LogP contribution in [0.4, 0.5) is 0 Å². The van der Waals surface area contributed by atoms with Crippen LogP contribution < -0.4 is 0 Å². The summed E-state index contributed by atoms with van der Waals surface area (Å²) in [4.78, 5) is 24.3. The molecule has 0 saturated carbocycles. The largest absolute Gasteiger partial charge is 0.480 e.